The van der Waals surface area contributed by atoms with Crippen LogP contribution in [0.1, 0.15) is 19.5 Å². The summed E-state index contributed by atoms with van der Waals surface area (Å²) in [4.78, 5) is 6.47. The molecule has 0 spiro atoms. The third kappa shape index (κ3) is 3.78. The summed E-state index contributed by atoms with van der Waals surface area (Å²) in [5, 5.41) is 3.34. The van der Waals surface area contributed by atoms with Gasteiger partial charge in [-0.25, -0.2) is 9.37 Å². The van der Waals surface area contributed by atoms with Crippen LogP contribution < -0.4 is 10.2 Å². The van der Waals surface area contributed by atoms with Gasteiger partial charge >= 0.3 is 0 Å². The molecule has 1 N–H and O–H groups in total. The van der Waals surface area contributed by atoms with E-state index in [4.69, 9.17) is 0 Å². The van der Waals surface area contributed by atoms with E-state index in [2.05, 4.69) is 24.1 Å². The maximum absolute atomic E-state index is 13.3. The quantitative estimate of drug-likeness (QED) is 0.904. The predicted octanol–water partition coefficient (Wildman–Crippen LogP) is 3.49. The maximum Gasteiger partial charge on any atom is 0.133 e. The van der Waals surface area contributed by atoms with Gasteiger partial charge in [-0.3, -0.25) is 0 Å². The lowest BCUT2D eigenvalue weighted by molar-refractivity contribution is 0.581. The van der Waals surface area contributed by atoms with Crippen LogP contribution in [0.25, 0.3) is 0 Å². The normalized spacial score (nSPS) is 10.8. The van der Waals surface area contributed by atoms with Gasteiger partial charge in [-0.05, 0) is 30.3 Å². The monoisotopic (exact) mass is 273 g/mol. The van der Waals surface area contributed by atoms with Crippen LogP contribution in [0.4, 0.5) is 15.9 Å². The van der Waals surface area contributed by atoms with Gasteiger partial charge in [0, 0.05) is 25.3 Å². The highest BCUT2D eigenvalue weighted by molar-refractivity contribution is 5.58. The van der Waals surface area contributed by atoms with Gasteiger partial charge in [-0.1, -0.05) is 26.0 Å². The molecule has 1 aromatic carbocycles. The smallest absolute Gasteiger partial charge is 0.133 e. The Kier molecular flexibility index (Phi) is 4.69. The van der Waals surface area contributed by atoms with Crippen molar-refractivity contribution < 1.29 is 4.39 Å². The van der Waals surface area contributed by atoms with Crippen molar-refractivity contribution >= 4 is 11.5 Å². The Labute approximate surface area is 119 Å². The van der Waals surface area contributed by atoms with Crippen molar-refractivity contribution in [1.29, 1.82) is 0 Å². The molecule has 0 aliphatic carbocycles. The van der Waals surface area contributed by atoms with Crippen LogP contribution >= 0.6 is 0 Å². The van der Waals surface area contributed by atoms with Crippen molar-refractivity contribution in [2.45, 2.75) is 26.4 Å². The van der Waals surface area contributed by atoms with Gasteiger partial charge in [0.25, 0.3) is 0 Å². The van der Waals surface area contributed by atoms with Gasteiger partial charge in [0.2, 0.25) is 0 Å². The minimum atomic E-state index is -0.244. The van der Waals surface area contributed by atoms with Gasteiger partial charge in [0.1, 0.15) is 11.6 Å². The van der Waals surface area contributed by atoms with Crippen molar-refractivity contribution in [2.75, 3.05) is 11.9 Å². The molecule has 0 bridgehead atoms. The second kappa shape index (κ2) is 6.48. The number of hydrogen-bond acceptors (Lipinski definition) is 3. The fourth-order valence-electron chi connectivity index (χ4n) is 1.88. The van der Waals surface area contributed by atoms with Crippen LogP contribution in [0.5, 0.6) is 0 Å². The first-order valence-corrected chi connectivity index (χ1v) is 6.75. The van der Waals surface area contributed by atoms with E-state index >= 15 is 0 Å². The van der Waals surface area contributed by atoms with Crippen molar-refractivity contribution in [3.8, 4) is 0 Å². The number of nitrogens with zero attached hydrogens (tertiary/aromatic N) is 2. The predicted molar refractivity (Wildman–Crippen MR) is 80.7 cm³/mol. The molecule has 1 aromatic heterocycles. The number of aromatic nitrogens is 1. The summed E-state index contributed by atoms with van der Waals surface area (Å²) in [7, 11) is 1.89. The number of pyridine rings is 1. The second-order valence-electron chi connectivity index (χ2n) is 5.06. The molecule has 0 amide bonds. The lowest BCUT2D eigenvalue weighted by atomic mass is 10.2. The number of nitrogens with one attached hydrogen (secondary N) is 1. The van der Waals surface area contributed by atoms with Crippen LogP contribution in [-0.4, -0.2) is 18.1 Å². The average molecular weight is 273 g/mol. The number of rotatable bonds is 5. The first-order valence-electron chi connectivity index (χ1n) is 6.75. The first-order chi connectivity index (χ1) is 9.56. The van der Waals surface area contributed by atoms with E-state index in [-0.39, 0.29) is 5.82 Å². The molecule has 0 atom stereocenters. The molecule has 1 heterocycles. The zero-order valence-electron chi connectivity index (χ0n) is 12.1. The molecule has 4 heteroatoms. The Hall–Kier alpha value is -1.94. The van der Waals surface area contributed by atoms with Gasteiger partial charge in [0.05, 0.1) is 5.69 Å². The van der Waals surface area contributed by atoms with Gasteiger partial charge in [-0.15, -0.1) is 0 Å². The number of halogens is 1. The van der Waals surface area contributed by atoms with Crippen LogP contribution in [0.15, 0.2) is 42.5 Å². The molecule has 0 saturated heterocycles. The molecule has 0 fully saturated rings. The molecule has 3 nitrogen and oxygen atoms in total. The third-order valence-corrected chi connectivity index (χ3v) is 3.02. The molecule has 0 radical (unpaired) electrons. The van der Waals surface area contributed by atoms with E-state index in [1.54, 1.807) is 6.07 Å². The van der Waals surface area contributed by atoms with E-state index in [1.165, 1.54) is 12.1 Å². The van der Waals surface area contributed by atoms with Crippen molar-refractivity contribution in [3.05, 3.63) is 54.0 Å². The van der Waals surface area contributed by atoms with Gasteiger partial charge in [-0.2, -0.15) is 0 Å². The Bertz CT molecular complexity index is 569. The molecular weight excluding hydrogens is 253 g/mol. The first kappa shape index (κ1) is 14.5. The fourth-order valence-corrected chi connectivity index (χ4v) is 1.88. The van der Waals surface area contributed by atoms with Crippen LogP contribution in [0.3, 0.4) is 0 Å². The minimum absolute atomic E-state index is 0.244. The third-order valence-electron chi connectivity index (χ3n) is 3.02. The molecule has 2 aromatic rings. The van der Waals surface area contributed by atoms with Crippen molar-refractivity contribution in [1.82, 2.24) is 10.3 Å². The topological polar surface area (TPSA) is 28.2 Å². The Morgan fingerprint density at radius 1 is 1.20 bits per heavy atom. The highest BCUT2D eigenvalue weighted by Crippen LogP contribution is 2.22. The van der Waals surface area contributed by atoms with E-state index < -0.39 is 0 Å². The summed E-state index contributed by atoms with van der Waals surface area (Å²) in [5.74, 6) is 0.561. The molecular formula is C16H20FN3. The Morgan fingerprint density at radius 3 is 2.65 bits per heavy atom. The number of anilines is 2. The average Bonchev–Trinajstić information content (AvgIpc) is 2.44. The molecule has 106 valence electrons. The molecule has 2 rings (SSSR count). The lowest BCUT2D eigenvalue weighted by Gasteiger charge is -2.19. The summed E-state index contributed by atoms with van der Waals surface area (Å²) in [6, 6.07) is 12.8. The second-order valence-corrected chi connectivity index (χ2v) is 5.06. The van der Waals surface area contributed by atoms with Crippen molar-refractivity contribution in [2.24, 2.45) is 0 Å². The summed E-state index contributed by atoms with van der Waals surface area (Å²) in [5.41, 5.74) is 1.76. The molecule has 0 aliphatic rings. The van der Waals surface area contributed by atoms with Crippen LogP contribution in [0.2, 0.25) is 0 Å². The standard InChI is InChI=1S/C16H20FN3/c1-12(2)18-11-14-7-5-9-16(19-14)20(3)15-8-4-6-13(17)10-15/h4-10,12,18H,11H2,1-3H3. The van der Waals surface area contributed by atoms with Gasteiger partial charge < -0.3 is 10.2 Å². The number of benzene rings is 1. The Morgan fingerprint density at radius 2 is 1.95 bits per heavy atom. The molecule has 0 aliphatic heterocycles. The van der Waals surface area contributed by atoms with Gasteiger partial charge in [0.15, 0.2) is 0 Å². The van der Waals surface area contributed by atoms with Crippen molar-refractivity contribution in [3.63, 3.8) is 0 Å². The minimum Gasteiger partial charge on any atom is -0.329 e. The summed E-state index contributed by atoms with van der Waals surface area (Å²) in [6.45, 7) is 4.92. The Balaban J connectivity index is 2.17. The summed E-state index contributed by atoms with van der Waals surface area (Å²) >= 11 is 0. The van der Waals surface area contributed by atoms with E-state index in [0.29, 0.717) is 6.04 Å². The fraction of sp³-hybridized carbons (Fsp3) is 0.312. The number of hydrogen-bond donors (Lipinski definition) is 1. The lowest BCUT2D eigenvalue weighted by Crippen LogP contribution is -2.23. The molecule has 0 saturated carbocycles. The summed E-state index contributed by atoms with van der Waals surface area (Å²) in [6.07, 6.45) is 0. The maximum atomic E-state index is 13.3. The highest BCUT2D eigenvalue weighted by atomic mass is 19.1. The SMILES string of the molecule is CC(C)NCc1cccc(N(C)c2cccc(F)c2)n1. The van der Waals surface area contributed by atoms with Crippen LogP contribution in [0, 0.1) is 5.82 Å². The molecule has 20 heavy (non-hydrogen) atoms. The zero-order chi connectivity index (χ0) is 14.5. The largest absolute Gasteiger partial charge is 0.329 e. The zero-order valence-corrected chi connectivity index (χ0v) is 12.1. The molecule has 0 unspecified atom stereocenters. The summed E-state index contributed by atoms with van der Waals surface area (Å²) < 4.78 is 13.3. The van der Waals surface area contributed by atoms with Crippen LogP contribution in [-0.2, 0) is 6.54 Å². The highest BCUT2D eigenvalue weighted by Gasteiger charge is 2.07. The van der Waals surface area contributed by atoms with E-state index in [1.807, 2.05) is 36.2 Å². The van der Waals surface area contributed by atoms with E-state index in [9.17, 15) is 4.39 Å². The van der Waals surface area contributed by atoms with E-state index in [0.717, 1.165) is 23.7 Å².